The fraction of sp³-hybridized carbons (Fsp3) is 0.800. The quantitative estimate of drug-likeness (QED) is 0.122. The lowest BCUT2D eigenvalue weighted by molar-refractivity contribution is -0.159. The van der Waals surface area contributed by atoms with Gasteiger partial charge in [0.1, 0.15) is 10.4 Å². The number of rotatable bonds is 15. The van der Waals surface area contributed by atoms with Crippen molar-refractivity contribution in [3.63, 3.8) is 0 Å². The Bertz CT molecular complexity index is 1040. The molecular formula is C30H54BrNO7Si3. The van der Waals surface area contributed by atoms with Crippen molar-refractivity contribution in [3.05, 3.63) is 28.5 Å². The summed E-state index contributed by atoms with van der Waals surface area (Å²) in [6.45, 7) is 24.5. The van der Waals surface area contributed by atoms with Crippen LogP contribution in [0.1, 0.15) is 44.8 Å². The zero-order valence-electron chi connectivity index (χ0n) is 27.5. The van der Waals surface area contributed by atoms with Gasteiger partial charge in [-0.05, 0) is 87.8 Å². The molecule has 9 atom stereocenters. The van der Waals surface area contributed by atoms with Crippen LogP contribution in [0.15, 0.2) is 22.9 Å². The molecule has 12 heteroatoms. The number of epoxide rings is 1. The van der Waals surface area contributed by atoms with Gasteiger partial charge in [0.25, 0.3) is 0 Å². The predicted octanol–water partition coefficient (Wildman–Crippen LogP) is 6.72. The number of aliphatic hydroxyl groups is 1. The first kappa shape index (κ1) is 36.2. The maximum atomic E-state index is 13.3. The molecule has 3 heterocycles. The third-order valence-corrected chi connectivity index (χ3v) is 11.3. The molecule has 1 unspecified atom stereocenters. The number of halogens is 1. The Morgan fingerprint density at radius 2 is 1.64 bits per heavy atom. The molecule has 2 aliphatic heterocycles. The van der Waals surface area contributed by atoms with E-state index in [0.29, 0.717) is 16.8 Å². The van der Waals surface area contributed by atoms with E-state index in [-0.39, 0.29) is 67.1 Å². The summed E-state index contributed by atoms with van der Waals surface area (Å²) in [6, 6.07) is 3.54. The van der Waals surface area contributed by atoms with Crippen molar-refractivity contribution < 1.29 is 32.7 Å². The standard InChI is InChI=1S/C30H54BrNO7Si3/c1-19(20(2)37-40(3,4)5)27-26(36-27)17-25-29(39-42(9,10)11)28(38-41(6,7)8)21(18-35-25)15-22(33)16-24(34)23-13-12-14-32-30(23)31/h12-14,19-21,24-29,34H,15-18H2,1-11H3/t19-,20+,21+,24?,25+,26+,27+,28-,29-/m1/s1. The fourth-order valence-corrected chi connectivity index (χ4v) is 9.82. The first-order valence-corrected chi connectivity index (χ1v) is 26.4. The van der Waals surface area contributed by atoms with E-state index in [1.54, 1.807) is 18.3 Å². The summed E-state index contributed by atoms with van der Waals surface area (Å²) in [5.74, 6) is 0.0933. The monoisotopic (exact) mass is 703 g/mol. The Balaban J connectivity index is 1.74. The van der Waals surface area contributed by atoms with E-state index in [1.165, 1.54) is 0 Å². The van der Waals surface area contributed by atoms with Crippen LogP contribution in [0, 0.1) is 11.8 Å². The van der Waals surface area contributed by atoms with Gasteiger partial charge in [-0.25, -0.2) is 4.98 Å². The number of ether oxygens (including phenoxy) is 2. The van der Waals surface area contributed by atoms with Crippen molar-refractivity contribution in [1.29, 1.82) is 0 Å². The van der Waals surface area contributed by atoms with Crippen molar-refractivity contribution in [2.75, 3.05) is 6.61 Å². The zero-order valence-corrected chi connectivity index (χ0v) is 32.1. The Morgan fingerprint density at radius 3 is 2.21 bits per heavy atom. The predicted molar refractivity (Wildman–Crippen MR) is 177 cm³/mol. The molecule has 8 nitrogen and oxygen atoms in total. The van der Waals surface area contributed by atoms with Gasteiger partial charge in [0.15, 0.2) is 25.0 Å². The average Bonchev–Trinajstić information content (AvgIpc) is 3.58. The molecule has 0 radical (unpaired) electrons. The Morgan fingerprint density at radius 1 is 1.02 bits per heavy atom. The number of carbonyl (C=O) groups excluding carboxylic acids is 1. The van der Waals surface area contributed by atoms with Gasteiger partial charge in [-0.2, -0.15) is 0 Å². The third kappa shape index (κ3) is 11.3. The second kappa shape index (κ2) is 14.4. The summed E-state index contributed by atoms with van der Waals surface area (Å²) < 4.78 is 33.3. The summed E-state index contributed by atoms with van der Waals surface area (Å²) in [7, 11) is -5.66. The second-order valence-corrected chi connectivity index (χ2v) is 29.2. The Kier molecular flexibility index (Phi) is 12.4. The van der Waals surface area contributed by atoms with E-state index in [1.807, 2.05) is 0 Å². The number of aliphatic hydroxyl groups excluding tert-OH is 1. The molecule has 1 N–H and O–H groups in total. The van der Waals surface area contributed by atoms with Gasteiger partial charge in [-0.1, -0.05) is 13.0 Å². The van der Waals surface area contributed by atoms with Gasteiger partial charge in [0.2, 0.25) is 0 Å². The smallest absolute Gasteiger partial charge is 0.184 e. The van der Waals surface area contributed by atoms with E-state index in [9.17, 15) is 9.90 Å². The van der Waals surface area contributed by atoms with E-state index in [0.717, 1.165) is 6.42 Å². The number of nitrogens with zero attached hydrogens (tertiary/aromatic N) is 1. The topological polar surface area (TPSA) is 99.6 Å². The highest BCUT2D eigenvalue weighted by Gasteiger charge is 2.52. The number of hydrogen-bond donors (Lipinski definition) is 1. The maximum Gasteiger partial charge on any atom is 0.184 e. The van der Waals surface area contributed by atoms with Crippen LogP contribution in [0.5, 0.6) is 0 Å². The van der Waals surface area contributed by atoms with Crippen LogP contribution in [0.2, 0.25) is 58.9 Å². The van der Waals surface area contributed by atoms with Gasteiger partial charge in [0.05, 0.1) is 43.2 Å². The summed E-state index contributed by atoms with van der Waals surface area (Å²) in [6.07, 6.45) is 1.33. The van der Waals surface area contributed by atoms with Gasteiger partial charge >= 0.3 is 0 Å². The molecule has 0 bridgehead atoms. The summed E-state index contributed by atoms with van der Waals surface area (Å²) >= 11 is 3.38. The van der Waals surface area contributed by atoms with E-state index in [4.69, 9.17) is 22.8 Å². The number of Topliss-reactive ketones (excluding diaryl/α,β-unsaturated/α-hetero) is 1. The summed E-state index contributed by atoms with van der Waals surface area (Å²) in [4.78, 5) is 17.5. The van der Waals surface area contributed by atoms with Crippen molar-refractivity contribution in [1.82, 2.24) is 4.98 Å². The third-order valence-electron chi connectivity index (χ3n) is 7.60. The molecule has 0 aliphatic carbocycles. The maximum absolute atomic E-state index is 13.3. The van der Waals surface area contributed by atoms with Gasteiger partial charge in [0, 0.05) is 49.0 Å². The average molecular weight is 705 g/mol. The minimum Gasteiger partial charge on any atom is -0.415 e. The van der Waals surface area contributed by atoms with Crippen molar-refractivity contribution in [2.24, 2.45) is 11.8 Å². The lowest BCUT2D eigenvalue weighted by atomic mass is 9.85. The number of hydrogen-bond acceptors (Lipinski definition) is 8. The molecular weight excluding hydrogens is 650 g/mol. The molecule has 3 rings (SSSR count). The summed E-state index contributed by atoms with van der Waals surface area (Å²) in [5.41, 5.74) is 0.610. The van der Waals surface area contributed by atoms with Crippen molar-refractivity contribution in [3.8, 4) is 0 Å². The first-order valence-electron chi connectivity index (χ1n) is 15.3. The summed E-state index contributed by atoms with van der Waals surface area (Å²) in [5, 5.41) is 10.8. The highest BCUT2D eigenvalue weighted by molar-refractivity contribution is 9.10. The normalized spacial score (nSPS) is 29.2. The van der Waals surface area contributed by atoms with Crippen LogP contribution in [-0.4, -0.2) is 84.1 Å². The molecule has 0 spiro atoms. The van der Waals surface area contributed by atoms with Crippen LogP contribution in [0.3, 0.4) is 0 Å². The Labute approximate surface area is 265 Å². The molecule has 240 valence electrons. The van der Waals surface area contributed by atoms with Gasteiger partial charge in [-0.3, -0.25) is 4.79 Å². The first-order chi connectivity index (χ1) is 19.2. The number of aromatic nitrogens is 1. The second-order valence-electron chi connectivity index (χ2n) is 15.0. The Hall–Kier alpha value is -0.289. The molecule has 1 aromatic heterocycles. The zero-order chi connectivity index (χ0) is 31.6. The van der Waals surface area contributed by atoms with Gasteiger partial charge < -0.3 is 27.9 Å². The number of carbonyl (C=O) groups is 1. The highest BCUT2D eigenvalue weighted by Crippen LogP contribution is 2.41. The van der Waals surface area contributed by atoms with Gasteiger partial charge in [-0.15, -0.1) is 0 Å². The van der Waals surface area contributed by atoms with Crippen molar-refractivity contribution >= 4 is 46.7 Å². The molecule has 0 saturated carbocycles. The molecule has 2 aliphatic rings. The molecule has 0 aromatic carbocycles. The molecule has 2 fully saturated rings. The minimum atomic E-state index is -2.01. The van der Waals surface area contributed by atoms with E-state index >= 15 is 0 Å². The largest absolute Gasteiger partial charge is 0.415 e. The highest BCUT2D eigenvalue weighted by atomic mass is 79.9. The number of ketones is 1. The van der Waals surface area contributed by atoms with Crippen LogP contribution in [-0.2, 0) is 27.5 Å². The lowest BCUT2D eigenvalue weighted by Crippen LogP contribution is -2.58. The SMILES string of the molecule is C[C@@H]([C@@H]1O[C@H]1C[C@@H]1OC[C@H](CC(=O)CC(O)c2cccnc2Br)[C@@H](O[Si](C)(C)C)[C@@H]1O[Si](C)(C)C)[C@H](C)O[Si](C)(C)C. The molecule has 42 heavy (non-hydrogen) atoms. The van der Waals surface area contributed by atoms with Crippen LogP contribution >= 0.6 is 15.9 Å². The van der Waals surface area contributed by atoms with Crippen LogP contribution < -0.4 is 0 Å². The molecule has 2 saturated heterocycles. The molecule has 1 aromatic rings. The van der Waals surface area contributed by atoms with E-state index in [2.05, 4.69) is 93.7 Å². The minimum absolute atomic E-state index is 0.0105. The fourth-order valence-electron chi connectivity index (χ4n) is 5.73. The number of pyridine rings is 1. The molecule has 0 amide bonds. The van der Waals surface area contributed by atoms with Crippen LogP contribution in [0.4, 0.5) is 0 Å². The lowest BCUT2D eigenvalue weighted by Gasteiger charge is -2.47. The van der Waals surface area contributed by atoms with E-state index < -0.39 is 31.1 Å². The van der Waals surface area contributed by atoms with Crippen LogP contribution in [0.25, 0.3) is 0 Å². The van der Waals surface area contributed by atoms with Crippen molar-refractivity contribution in [2.45, 2.75) is 135 Å².